The first kappa shape index (κ1) is 16.7. The summed E-state index contributed by atoms with van der Waals surface area (Å²) in [5, 5.41) is 0. The molecule has 0 N–H and O–H groups in total. The predicted molar refractivity (Wildman–Crippen MR) is 86.8 cm³/mol. The summed E-state index contributed by atoms with van der Waals surface area (Å²) in [6.45, 7) is 6.76. The molecule has 23 heavy (non-hydrogen) atoms. The summed E-state index contributed by atoms with van der Waals surface area (Å²) in [7, 11) is 0. The Morgan fingerprint density at radius 1 is 1.30 bits per heavy atom. The van der Waals surface area contributed by atoms with Gasteiger partial charge in [-0.15, -0.1) is 0 Å². The van der Waals surface area contributed by atoms with E-state index in [9.17, 15) is 9.59 Å². The summed E-state index contributed by atoms with van der Waals surface area (Å²) >= 11 is 0. The summed E-state index contributed by atoms with van der Waals surface area (Å²) in [6.07, 6.45) is 7.94. The van der Waals surface area contributed by atoms with Gasteiger partial charge in [-0.3, -0.25) is 4.79 Å². The maximum Gasteiger partial charge on any atom is 0.331 e. The van der Waals surface area contributed by atoms with Crippen LogP contribution < -0.4 is 0 Å². The molecular formula is C19H28O4. The largest absolute Gasteiger partial charge is 0.449 e. The second-order valence-electron chi connectivity index (χ2n) is 7.94. The first-order chi connectivity index (χ1) is 10.9. The molecular weight excluding hydrogens is 292 g/mol. The lowest BCUT2D eigenvalue weighted by atomic mass is 9.74. The van der Waals surface area contributed by atoms with E-state index in [2.05, 4.69) is 20.8 Å². The highest BCUT2D eigenvalue weighted by molar-refractivity contribution is 5.87. The Bertz CT molecular complexity index is 509. The number of esters is 1. The van der Waals surface area contributed by atoms with Crippen molar-refractivity contribution >= 4 is 11.8 Å². The van der Waals surface area contributed by atoms with Crippen LogP contribution in [-0.4, -0.2) is 29.6 Å². The maximum absolute atomic E-state index is 12.0. The van der Waals surface area contributed by atoms with Gasteiger partial charge in [-0.1, -0.05) is 27.2 Å². The average molecular weight is 320 g/mol. The van der Waals surface area contributed by atoms with E-state index in [0.29, 0.717) is 37.0 Å². The summed E-state index contributed by atoms with van der Waals surface area (Å²) in [5.74, 6) is 1.62. The molecule has 128 valence electrons. The standard InChI is InChI=1S/C19H28O4/c1-12(2)15-5-4-13(3)10-16(15)22-17-11-14(20)6-8-19(17)9-7-18(21)23-19/h7,9,12-13,15-17H,4-6,8,10-11H2,1-3H3/t13-,15+,16-,17-,19+/m1/s1. The first-order valence-corrected chi connectivity index (χ1v) is 8.99. The summed E-state index contributed by atoms with van der Waals surface area (Å²) in [6, 6.07) is 0. The van der Waals surface area contributed by atoms with E-state index < -0.39 is 5.60 Å². The van der Waals surface area contributed by atoms with E-state index in [1.807, 2.05) is 6.08 Å². The molecule has 3 aliphatic rings. The SMILES string of the molecule is CC(C)[C@@H]1CC[C@@H](C)C[C@H]1O[C@@H]1CC(=O)CC[C@]12C=CC(=O)O2. The molecule has 2 saturated carbocycles. The fourth-order valence-electron chi connectivity index (χ4n) is 4.39. The van der Waals surface area contributed by atoms with Crippen LogP contribution in [0.1, 0.15) is 59.3 Å². The molecule has 4 nitrogen and oxygen atoms in total. The normalized spacial score (nSPS) is 40.9. The molecule has 4 heteroatoms. The van der Waals surface area contributed by atoms with Crippen molar-refractivity contribution < 1.29 is 19.1 Å². The van der Waals surface area contributed by atoms with Crippen LogP contribution in [0, 0.1) is 17.8 Å². The minimum atomic E-state index is -0.715. The van der Waals surface area contributed by atoms with Gasteiger partial charge in [-0.2, -0.15) is 0 Å². The van der Waals surface area contributed by atoms with Crippen molar-refractivity contribution in [2.75, 3.05) is 0 Å². The number of hydrogen-bond acceptors (Lipinski definition) is 4. The zero-order chi connectivity index (χ0) is 16.6. The van der Waals surface area contributed by atoms with Crippen LogP contribution in [0.2, 0.25) is 0 Å². The topological polar surface area (TPSA) is 52.6 Å². The molecule has 0 aromatic rings. The Kier molecular flexibility index (Phi) is 4.63. The van der Waals surface area contributed by atoms with Crippen LogP contribution in [0.15, 0.2) is 12.2 Å². The highest BCUT2D eigenvalue weighted by Crippen LogP contribution is 2.42. The number of carbonyl (C=O) groups excluding carboxylic acids is 2. The molecule has 0 bridgehead atoms. The van der Waals surface area contributed by atoms with Gasteiger partial charge >= 0.3 is 5.97 Å². The van der Waals surface area contributed by atoms with Gasteiger partial charge in [-0.25, -0.2) is 4.79 Å². The fourth-order valence-corrected chi connectivity index (χ4v) is 4.39. The zero-order valence-corrected chi connectivity index (χ0v) is 14.4. The summed E-state index contributed by atoms with van der Waals surface area (Å²) in [5.41, 5.74) is -0.715. The summed E-state index contributed by atoms with van der Waals surface area (Å²) < 4.78 is 12.1. The lowest BCUT2D eigenvalue weighted by Gasteiger charge is -2.44. The van der Waals surface area contributed by atoms with E-state index in [1.165, 1.54) is 18.9 Å². The average Bonchev–Trinajstić information content (AvgIpc) is 2.85. The Morgan fingerprint density at radius 3 is 2.74 bits per heavy atom. The molecule has 0 aromatic carbocycles. The van der Waals surface area contributed by atoms with Gasteiger partial charge < -0.3 is 9.47 Å². The van der Waals surface area contributed by atoms with Gasteiger partial charge in [0.05, 0.1) is 6.10 Å². The molecule has 3 rings (SSSR count). The van der Waals surface area contributed by atoms with Crippen LogP contribution in [-0.2, 0) is 19.1 Å². The van der Waals surface area contributed by atoms with Crippen molar-refractivity contribution in [2.24, 2.45) is 17.8 Å². The predicted octanol–water partition coefficient (Wildman–Crippen LogP) is 3.44. The smallest absolute Gasteiger partial charge is 0.331 e. The third-order valence-corrected chi connectivity index (χ3v) is 5.85. The third kappa shape index (κ3) is 3.37. The maximum atomic E-state index is 12.0. The zero-order valence-electron chi connectivity index (χ0n) is 14.4. The van der Waals surface area contributed by atoms with Crippen molar-refractivity contribution in [1.82, 2.24) is 0 Å². The number of rotatable bonds is 3. The molecule has 5 atom stereocenters. The lowest BCUT2D eigenvalue weighted by molar-refractivity contribution is -0.184. The van der Waals surface area contributed by atoms with Crippen molar-refractivity contribution in [3.05, 3.63) is 12.2 Å². The van der Waals surface area contributed by atoms with E-state index in [0.717, 1.165) is 6.42 Å². The van der Waals surface area contributed by atoms with Crippen molar-refractivity contribution in [1.29, 1.82) is 0 Å². The van der Waals surface area contributed by atoms with Crippen LogP contribution in [0.25, 0.3) is 0 Å². The molecule has 0 unspecified atom stereocenters. The van der Waals surface area contributed by atoms with Gasteiger partial charge in [0.1, 0.15) is 11.9 Å². The Labute approximate surface area is 138 Å². The second-order valence-corrected chi connectivity index (χ2v) is 7.94. The van der Waals surface area contributed by atoms with E-state index in [-0.39, 0.29) is 24.0 Å². The van der Waals surface area contributed by atoms with Crippen LogP contribution >= 0.6 is 0 Å². The number of ketones is 1. The highest BCUT2D eigenvalue weighted by Gasteiger charge is 2.49. The van der Waals surface area contributed by atoms with Crippen molar-refractivity contribution in [3.63, 3.8) is 0 Å². The fraction of sp³-hybridized carbons (Fsp3) is 0.789. The number of ether oxygens (including phenoxy) is 2. The molecule has 1 spiro atoms. The van der Waals surface area contributed by atoms with Gasteiger partial charge in [0, 0.05) is 25.3 Å². The Morgan fingerprint density at radius 2 is 2.09 bits per heavy atom. The number of hydrogen-bond donors (Lipinski definition) is 0. The van der Waals surface area contributed by atoms with E-state index >= 15 is 0 Å². The molecule has 1 heterocycles. The number of Topliss-reactive ketones (excluding diaryl/α,β-unsaturated/α-hetero) is 1. The monoisotopic (exact) mass is 320 g/mol. The molecule has 0 amide bonds. The van der Waals surface area contributed by atoms with Crippen LogP contribution in [0.3, 0.4) is 0 Å². The van der Waals surface area contributed by atoms with Gasteiger partial charge in [0.25, 0.3) is 0 Å². The summed E-state index contributed by atoms with van der Waals surface area (Å²) in [4.78, 5) is 23.6. The number of carbonyl (C=O) groups is 2. The second kappa shape index (κ2) is 6.39. The van der Waals surface area contributed by atoms with Gasteiger partial charge in [0.15, 0.2) is 5.60 Å². The quantitative estimate of drug-likeness (QED) is 0.748. The third-order valence-electron chi connectivity index (χ3n) is 5.85. The van der Waals surface area contributed by atoms with E-state index in [1.54, 1.807) is 0 Å². The highest BCUT2D eigenvalue weighted by atomic mass is 16.6. The van der Waals surface area contributed by atoms with Crippen LogP contribution in [0.4, 0.5) is 0 Å². The molecule has 0 radical (unpaired) electrons. The minimum Gasteiger partial charge on any atom is -0.449 e. The Hall–Kier alpha value is -1.16. The molecule has 2 fully saturated rings. The molecule has 0 saturated heterocycles. The van der Waals surface area contributed by atoms with E-state index in [4.69, 9.17) is 9.47 Å². The van der Waals surface area contributed by atoms with Crippen molar-refractivity contribution in [3.8, 4) is 0 Å². The van der Waals surface area contributed by atoms with Gasteiger partial charge in [0.2, 0.25) is 0 Å². The molecule has 1 aliphatic heterocycles. The molecule has 0 aromatic heterocycles. The van der Waals surface area contributed by atoms with Gasteiger partial charge in [-0.05, 0) is 36.7 Å². The Balaban J connectivity index is 1.78. The lowest BCUT2D eigenvalue weighted by Crippen LogP contribution is -2.51. The first-order valence-electron chi connectivity index (χ1n) is 8.99. The molecule has 2 aliphatic carbocycles. The van der Waals surface area contributed by atoms with Crippen LogP contribution in [0.5, 0.6) is 0 Å². The van der Waals surface area contributed by atoms with Crippen molar-refractivity contribution in [2.45, 2.75) is 77.1 Å². The minimum absolute atomic E-state index is 0.152.